The topological polar surface area (TPSA) is 201 Å². The third-order valence-corrected chi connectivity index (χ3v) is 9.57. The zero-order valence-corrected chi connectivity index (χ0v) is 35.9. The molecule has 2 heterocycles. The fourth-order valence-corrected chi connectivity index (χ4v) is 5.89. The number of carbonyl (C=O) groups is 5. The van der Waals surface area contributed by atoms with Gasteiger partial charge in [0.15, 0.2) is 0 Å². The van der Waals surface area contributed by atoms with Crippen molar-refractivity contribution in [3.8, 4) is 5.75 Å². The van der Waals surface area contributed by atoms with Crippen LogP contribution in [0.5, 0.6) is 5.75 Å². The Bertz CT molecular complexity index is 1730. The molecule has 0 aromatic heterocycles. The molecule has 1 unspecified atom stereocenters. The Labute approximate surface area is 359 Å². The van der Waals surface area contributed by atoms with Gasteiger partial charge in [0, 0.05) is 18.1 Å². The molecular weight excluding hydrogens is 788 g/mol. The minimum atomic E-state index is -0.795. The molecule has 0 spiro atoms. The molecule has 0 aliphatic carbocycles. The average molecular weight is 851 g/mol. The second-order valence-corrected chi connectivity index (χ2v) is 14.2. The predicted octanol–water partition coefficient (Wildman–Crippen LogP) is 4.85. The minimum absolute atomic E-state index is 0.0682. The molecule has 4 amide bonds. The van der Waals surface area contributed by atoms with Gasteiger partial charge in [-0.15, -0.1) is 0 Å². The maximum absolute atomic E-state index is 12.6. The van der Waals surface area contributed by atoms with Crippen molar-refractivity contribution in [3.63, 3.8) is 0 Å². The van der Waals surface area contributed by atoms with Crippen LogP contribution in [0, 0.1) is 0 Å². The van der Waals surface area contributed by atoms with Gasteiger partial charge in [-0.3, -0.25) is 19.2 Å². The summed E-state index contributed by atoms with van der Waals surface area (Å²) in [6.07, 6.45) is 7.94. The van der Waals surface area contributed by atoms with Crippen molar-refractivity contribution in [1.82, 2.24) is 26.2 Å². The molecule has 3 aromatic carbocycles. The van der Waals surface area contributed by atoms with Gasteiger partial charge >= 0.3 is 6.09 Å². The third-order valence-electron chi connectivity index (χ3n) is 9.31. The minimum Gasteiger partial charge on any atom is -0.497 e. The Kier molecular flexibility index (Phi) is 26.0. The number of unbranched alkanes of at least 4 members (excludes halogenated alkanes) is 1. The Hall–Kier alpha value is -5.28. The molecule has 5 rings (SSSR count). The molecule has 15 heteroatoms. The summed E-state index contributed by atoms with van der Waals surface area (Å²) >= 11 is 5.59. The number of benzene rings is 3. The standard InChI is InChI=1S/C27H32N4O7.C7H7ClO.C7H13N.C4H11N/c1-37-21-11-9-19(10-12-21)13-14-28-26(35)23(32)16-29-25(34)22-8-5-15-31(22)24(33)17-30-27(36)38-18-20-6-3-2-4-7-20;8-7-3-1-6(5-9)2-4-7;1-2-7-3-5-8-6-4-7;1-2-3-4-5/h2-4,6-7,9-12,22H,5,8,13-18H2,1H3,(H,28,35)(H,29,34)(H,30,36);1-4,9H,5H2;2,8H,3-6H2,1H3;2-5H2,1H3. The van der Waals surface area contributed by atoms with Gasteiger partial charge in [-0.1, -0.05) is 91.2 Å². The Morgan fingerprint density at radius 3 is 2.13 bits per heavy atom. The lowest BCUT2D eigenvalue weighted by Gasteiger charge is -2.24. The molecule has 2 saturated heterocycles. The predicted molar refractivity (Wildman–Crippen MR) is 234 cm³/mol. The van der Waals surface area contributed by atoms with Gasteiger partial charge in [0.1, 0.15) is 24.9 Å². The van der Waals surface area contributed by atoms with E-state index in [1.54, 1.807) is 36.9 Å². The number of carbonyl (C=O) groups excluding carboxylic acids is 5. The molecule has 14 nitrogen and oxygen atoms in total. The van der Waals surface area contributed by atoms with Gasteiger partial charge in [-0.2, -0.15) is 0 Å². The number of ether oxygens (including phenoxy) is 2. The number of ketones is 1. The Balaban J connectivity index is 0.000000452. The molecule has 7 N–H and O–H groups in total. The lowest BCUT2D eigenvalue weighted by Crippen LogP contribution is -2.50. The summed E-state index contributed by atoms with van der Waals surface area (Å²) in [5, 5.41) is 20.0. The number of aliphatic hydroxyl groups is 1. The van der Waals surface area contributed by atoms with E-state index in [9.17, 15) is 24.0 Å². The first kappa shape index (κ1) is 50.9. The Morgan fingerprint density at radius 2 is 1.57 bits per heavy atom. The number of nitrogens with one attached hydrogen (secondary N) is 4. The summed E-state index contributed by atoms with van der Waals surface area (Å²) in [7, 11) is 1.58. The van der Waals surface area contributed by atoms with Gasteiger partial charge < -0.3 is 46.5 Å². The molecule has 2 fully saturated rings. The van der Waals surface area contributed by atoms with Crippen LogP contribution in [-0.4, -0.2) is 98.6 Å². The first-order valence-corrected chi connectivity index (χ1v) is 20.8. The number of amides is 4. The van der Waals surface area contributed by atoms with Crippen LogP contribution in [-0.2, 0) is 43.5 Å². The van der Waals surface area contributed by atoms with Crippen molar-refractivity contribution in [1.29, 1.82) is 0 Å². The highest BCUT2D eigenvalue weighted by molar-refractivity contribution is 6.37. The molecule has 0 saturated carbocycles. The van der Waals surface area contributed by atoms with Crippen LogP contribution in [0.2, 0.25) is 5.02 Å². The van der Waals surface area contributed by atoms with E-state index >= 15 is 0 Å². The number of hydrogen-bond donors (Lipinski definition) is 6. The summed E-state index contributed by atoms with van der Waals surface area (Å²) in [6, 6.07) is 22.8. The second-order valence-electron chi connectivity index (χ2n) is 13.8. The molecule has 1 atom stereocenters. The summed E-state index contributed by atoms with van der Waals surface area (Å²) in [6.45, 7) is 7.41. The van der Waals surface area contributed by atoms with E-state index < -0.39 is 42.2 Å². The quantitative estimate of drug-likeness (QED) is 0.0908. The highest BCUT2D eigenvalue weighted by Gasteiger charge is 2.34. The summed E-state index contributed by atoms with van der Waals surface area (Å²) < 4.78 is 10.2. The van der Waals surface area contributed by atoms with E-state index in [1.165, 1.54) is 43.7 Å². The normalized spacial score (nSPS) is 14.0. The fourth-order valence-electron chi connectivity index (χ4n) is 5.77. The van der Waals surface area contributed by atoms with Crippen molar-refractivity contribution in [3.05, 3.63) is 112 Å². The zero-order chi connectivity index (χ0) is 44.0. The van der Waals surface area contributed by atoms with E-state index in [-0.39, 0.29) is 26.3 Å². The second kappa shape index (κ2) is 30.7. The number of piperidine rings is 1. The number of Topliss-reactive ketones (excluding diaryl/α,β-unsaturated/α-hetero) is 1. The number of rotatable bonds is 15. The number of aliphatic hydroxyl groups excluding tert-OH is 1. The first-order chi connectivity index (χ1) is 29.0. The van der Waals surface area contributed by atoms with Gasteiger partial charge in [0.25, 0.3) is 5.91 Å². The van der Waals surface area contributed by atoms with E-state index in [4.69, 9.17) is 31.9 Å². The number of likely N-dealkylation sites (tertiary alicyclic amines) is 1. The van der Waals surface area contributed by atoms with E-state index in [0.717, 1.165) is 29.0 Å². The molecule has 3 aromatic rings. The fraction of sp³-hybridized carbons (Fsp3) is 0.444. The van der Waals surface area contributed by atoms with Crippen molar-refractivity contribution in [2.45, 2.75) is 78.0 Å². The first-order valence-electron chi connectivity index (χ1n) is 20.4. The number of methoxy groups -OCH3 is 1. The van der Waals surface area contributed by atoms with Crippen molar-refractivity contribution >= 4 is 41.2 Å². The van der Waals surface area contributed by atoms with Crippen molar-refractivity contribution in [2.24, 2.45) is 5.73 Å². The maximum Gasteiger partial charge on any atom is 0.407 e. The van der Waals surface area contributed by atoms with Crippen LogP contribution in [0.3, 0.4) is 0 Å². The van der Waals surface area contributed by atoms with Gasteiger partial charge in [-0.05, 0) is 106 Å². The summed E-state index contributed by atoms with van der Waals surface area (Å²) in [4.78, 5) is 62.7. The van der Waals surface area contributed by atoms with Crippen LogP contribution in [0.1, 0.15) is 69.1 Å². The van der Waals surface area contributed by atoms with E-state index in [1.807, 2.05) is 54.6 Å². The third kappa shape index (κ3) is 21.1. The zero-order valence-electron chi connectivity index (χ0n) is 35.2. The highest BCUT2D eigenvalue weighted by atomic mass is 35.5. The van der Waals surface area contributed by atoms with Crippen molar-refractivity contribution in [2.75, 3.05) is 52.9 Å². The number of nitrogens with zero attached hydrogens (tertiary/aromatic N) is 1. The SMILES string of the molecule is CC=C1CCNCC1.CCCCN.COc1ccc(CCNC(=O)C(=O)CNC(=O)C2CCCN2C(=O)CNC(=O)OCc2ccccc2)cc1.OCc1ccc(Cl)cc1. The van der Waals surface area contributed by atoms with Crippen LogP contribution in [0.4, 0.5) is 4.79 Å². The number of allylic oxidation sites excluding steroid dienone is 1. The van der Waals surface area contributed by atoms with Crippen LogP contribution >= 0.6 is 11.6 Å². The highest BCUT2D eigenvalue weighted by Crippen LogP contribution is 2.17. The summed E-state index contributed by atoms with van der Waals surface area (Å²) in [5.74, 6) is -1.82. The average Bonchev–Trinajstić information content (AvgIpc) is 3.79. The van der Waals surface area contributed by atoms with Crippen LogP contribution in [0.25, 0.3) is 0 Å². The molecule has 328 valence electrons. The van der Waals surface area contributed by atoms with Gasteiger partial charge in [0.05, 0.1) is 20.3 Å². The van der Waals surface area contributed by atoms with Crippen molar-refractivity contribution < 1.29 is 38.6 Å². The number of alkyl carbamates (subject to hydrolysis) is 1. The smallest absolute Gasteiger partial charge is 0.407 e. The maximum atomic E-state index is 12.6. The Morgan fingerprint density at radius 1 is 0.900 bits per heavy atom. The lowest BCUT2D eigenvalue weighted by atomic mass is 10.1. The number of halogens is 1. The van der Waals surface area contributed by atoms with E-state index in [0.29, 0.717) is 30.8 Å². The number of nitrogens with two attached hydrogens (primary N) is 1. The lowest BCUT2D eigenvalue weighted by molar-refractivity contribution is -0.140. The molecule has 2 aliphatic heterocycles. The largest absolute Gasteiger partial charge is 0.497 e. The molecule has 0 bridgehead atoms. The van der Waals surface area contributed by atoms with E-state index in [2.05, 4.69) is 41.2 Å². The van der Waals surface area contributed by atoms with Gasteiger partial charge in [0.2, 0.25) is 17.6 Å². The summed E-state index contributed by atoms with van der Waals surface area (Å²) in [5.41, 5.74) is 9.42. The molecule has 60 heavy (non-hydrogen) atoms. The molecule has 2 aliphatic rings. The van der Waals surface area contributed by atoms with Gasteiger partial charge in [-0.25, -0.2) is 4.79 Å². The van der Waals surface area contributed by atoms with Crippen LogP contribution < -0.4 is 31.7 Å². The molecule has 0 radical (unpaired) electrons. The monoisotopic (exact) mass is 850 g/mol. The molecular formula is C45H63ClN6O8. The number of hydrogen-bond acceptors (Lipinski definition) is 10. The van der Waals surface area contributed by atoms with Crippen LogP contribution in [0.15, 0.2) is 90.5 Å².